The number of benzene rings is 3. The molecule has 0 aromatic heterocycles. The number of halogens is 1. The van der Waals surface area contributed by atoms with Crippen LogP contribution in [0.5, 0.6) is 0 Å². The minimum atomic E-state index is -2.12. The molecule has 2 aliphatic rings. The zero-order valence-electron chi connectivity index (χ0n) is 21.3. The van der Waals surface area contributed by atoms with Crippen molar-refractivity contribution in [1.29, 1.82) is 0 Å². The number of hydrogen-bond acceptors (Lipinski definition) is 7. The fourth-order valence-corrected chi connectivity index (χ4v) is 4.89. The van der Waals surface area contributed by atoms with E-state index in [0.29, 0.717) is 0 Å². The van der Waals surface area contributed by atoms with Crippen molar-refractivity contribution < 1.29 is 37.7 Å². The number of ether oxygens (including phenoxy) is 4. The number of esters is 1. The molecule has 2 amide bonds. The number of imide groups is 1. The number of amides is 2. The van der Waals surface area contributed by atoms with Gasteiger partial charge in [-0.2, -0.15) is 0 Å². The topological polar surface area (TPSA) is 91.4 Å². The van der Waals surface area contributed by atoms with Crippen molar-refractivity contribution in [2.75, 3.05) is 6.61 Å². The highest BCUT2D eigenvalue weighted by atomic mass is 19.1. The largest absolute Gasteiger partial charge is 0.463 e. The first-order valence-electron chi connectivity index (χ1n) is 12.6. The predicted molar refractivity (Wildman–Crippen MR) is 137 cm³/mol. The smallest absolute Gasteiger partial charge is 0.302 e. The van der Waals surface area contributed by atoms with E-state index in [4.69, 9.17) is 18.9 Å². The Morgan fingerprint density at radius 3 is 1.79 bits per heavy atom. The summed E-state index contributed by atoms with van der Waals surface area (Å²) in [4.78, 5) is 39.2. The Labute approximate surface area is 225 Å². The molecule has 8 nitrogen and oxygen atoms in total. The van der Waals surface area contributed by atoms with Crippen molar-refractivity contribution >= 4 is 17.8 Å². The van der Waals surface area contributed by atoms with Crippen LogP contribution in [0.15, 0.2) is 84.9 Å². The van der Waals surface area contributed by atoms with Crippen molar-refractivity contribution in [3.8, 4) is 0 Å². The molecule has 1 fully saturated rings. The molecule has 0 saturated carbocycles. The standard InChI is InChI=1S/C30H28FNO7/c1-19(33)36-18-24-26(37-16-20-10-4-2-5-11-20)27(38-17-21-12-6-3-7-13-21)25(28(31)39-24)32-29(34)22-14-8-9-15-23(22)30(32)35/h2-15,24-28H,16-18H2,1H3/t24-,25-,26-,27-,28-/m1/s1. The Kier molecular flexibility index (Phi) is 8.11. The van der Waals surface area contributed by atoms with E-state index in [-0.39, 0.29) is 30.9 Å². The molecule has 202 valence electrons. The molecule has 0 bridgehead atoms. The number of nitrogens with zero attached hydrogens (tertiary/aromatic N) is 1. The second-order valence-electron chi connectivity index (χ2n) is 9.37. The normalized spacial score (nSPS) is 24.5. The summed E-state index contributed by atoms with van der Waals surface area (Å²) < 4.78 is 39.2. The number of carbonyl (C=O) groups excluding carboxylic acids is 3. The van der Waals surface area contributed by atoms with Crippen molar-refractivity contribution in [1.82, 2.24) is 4.90 Å². The summed E-state index contributed by atoms with van der Waals surface area (Å²) in [6, 6.07) is 23.4. The molecule has 2 aliphatic heterocycles. The third kappa shape index (κ3) is 5.75. The van der Waals surface area contributed by atoms with E-state index in [2.05, 4.69) is 0 Å². The third-order valence-corrected chi connectivity index (χ3v) is 6.75. The molecule has 5 rings (SSSR count). The lowest BCUT2D eigenvalue weighted by Crippen LogP contribution is -2.65. The Bertz CT molecular complexity index is 1280. The molecule has 0 radical (unpaired) electrons. The van der Waals surface area contributed by atoms with Crippen LogP contribution in [0.3, 0.4) is 0 Å². The van der Waals surface area contributed by atoms with Crippen LogP contribution in [0.25, 0.3) is 0 Å². The lowest BCUT2D eigenvalue weighted by molar-refractivity contribution is -0.265. The maximum absolute atomic E-state index is 15.9. The van der Waals surface area contributed by atoms with E-state index in [9.17, 15) is 14.4 Å². The first-order chi connectivity index (χ1) is 18.9. The summed E-state index contributed by atoms with van der Waals surface area (Å²) in [5.41, 5.74) is 2.00. The summed E-state index contributed by atoms with van der Waals surface area (Å²) in [5, 5.41) is 0. The van der Waals surface area contributed by atoms with Crippen LogP contribution >= 0.6 is 0 Å². The predicted octanol–water partition coefficient (Wildman–Crippen LogP) is 4.08. The van der Waals surface area contributed by atoms with Gasteiger partial charge in [0, 0.05) is 6.92 Å². The number of fused-ring (bicyclic) bond motifs is 1. The van der Waals surface area contributed by atoms with Crippen molar-refractivity contribution in [2.45, 2.75) is 50.8 Å². The highest BCUT2D eigenvalue weighted by Crippen LogP contribution is 2.36. The summed E-state index contributed by atoms with van der Waals surface area (Å²) in [6.07, 6.45) is -5.31. The molecule has 39 heavy (non-hydrogen) atoms. The van der Waals surface area contributed by atoms with Crippen LogP contribution in [0, 0.1) is 0 Å². The highest BCUT2D eigenvalue weighted by Gasteiger charge is 2.55. The molecular formula is C30H28FNO7. The van der Waals surface area contributed by atoms with Gasteiger partial charge < -0.3 is 18.9 Å². The van der Waals surface area contributed by atoms with Gasteiger partial charge in [0.15, 0.2) is 0 Å². The van der Waals surface area contributed by atoms with Crippen LogP contribution < -0.4 is 0 Å². The highest BCUT2D eigenvalue weighted by molar-refractivity contribution is 6.21. The van der Waals surface area contributed by atoms with E-state index in [1.807, 2.05) is 60.7 Å². The Morgan fingerprint density at radius 2 is 1.28 bits per heavy atom. The van der Waals surface area contributed by atoms with E-state index in [0.717, 1.165) is 16.0 Å². The van der Waals surface area contributed by atoms with Gasteiger partial charge in [0.05, 0.1) is 24.3 Å². The Morgan fingerprint density at radius 1 is 0.795 bits per heavy atom. The minimum Gasteiger partial charge on any atom is -0.463 e. The second-order valence-corrected chi connectivity index (χ2v) is 9.37. The number of hydrogen-bond donors (Lipinski definition) is 0. The Balaban J connectivity index is 1.50. The summed E-state index contributed by atoms with van der Waals surface area (Å²) in [6.45, 7) is 1.11. The lowest BCUT2D eigenvalue weighted by atomic mass is 9.95. The van der Waals surface area contributed by atoms with Crippen LogP contribution in [0.4, 0.5) is 4.39 Å². The number of rotatable bonds is 9. The molecule has 0 N–H and O–H groups in total. The van der Waals surface area contributed by atoms with Crippen molar-refractivity contribution in [3.63, 3.8) is 0 Å². The van der Waals surface area contributed by atoms with Gasteiger partial charge in [-0.15, -0.1) is 0 Å². The van der Waals surface area contributed by atoms with Gasteiger partial charge in [0.1, 0.15) is 31.0 Å². The van der Waals surface area contributed by atoms with Crippen LogP contribution in [0.2, 0.25) is 0 Å². The minimum absolute atomic E-state index is 0.0589. The fraction of sp³-hybridized carbons (Fsp3) is 0.300. The van der Waals surface area contributed by atoms with Crippen LogP contribution in [0.1, 0.15) is 38.8 Å². The van der Waals surface area contributed by atoms with Crippen molar-refractivity contribution in [3.05, 3.63) is 107 Å². The van der Waals surface area contributed by atoms with E-state index in [1.165, 1.54) is 19.1 Å². The molecular weight excluding hydrogens is 505 g/mol. The van der Waals surface area contributed by atoms with Gasteiger partial charge in [0.25, 0.3) is 11.8 Å². The molecule has 0 aliphatic carbocycles. The SMILES string of the molecule is CC(=O)OC[C@H]1O[C@@H](F)[C@H](N2C(=O)c3ccccc3C2=O)[C@@H](OCc2ccccc2)[C@@H]1OCc1ccccc1. The van der Waals surface area contributed by atoms with E-state index >= 15 is 4.39 Å². The Hall–Kier alpha value is -3.92. The molecule has 9 heteroatoms. The maximum Gasteiger partial charge on any atom is 0.302 e. The number of alkyl halides is 1. The third-order valence-electron chi connectivity index (χ3n) is 6.75. The van der Waals surface area contributed by atoms with Crippen LogP contribution in [-0.2, 0) is 37.0 Å². The van der Waals surface area contributed by atoms with Gasteiger partial charge in [-0.3, -0.25) is 19.3 Å². The first-order valence-corrected chi connectivity index (χ1v) is 12.6. The summed E-state index contributed by atoms with van der Waals surface area (Å²) in [7, 11) is 0. The van der Waals surface area contributed by atoms with E-state index in [1.54, 1.807) is 12.1 Å². The second kappa shape index (κ2) is 11.9. The monoisotopic (exact) mass is 533 g/mol. The fourth-order valence-electron chi connectivity index (χ4n) is 4.89. The molecule has 5 atom stereocenters. The average molecular weight is 534 g/mol. The molecule has 1 saturated heterocycles. The lowest BCUT2D eigenvalue weighted by Gasteiger charge is -2.46. The zero-order chi connectivity index (χ0) is 27.4. The van der Waals surface area contributed by atoms with Gasteiger partial charge in [-0.05, 0) is 23.3 Å². The molecule has 3 aromatic carbocycles. The van der Waals surface area contributed by atoms with Gasteiger partial charge >= 0.3 is 5.97 Å². The molecule has 0 spiro atoms. The summed E-state index contributed by atoms with van der Waals surface area (Å²) >= 11 is 0. The summed E-state index contributed by atoms with van der Waals surface area (Å²) in [5.74, 6) is -1.85. The van der Waals surface area contributed by atoms with Gasteiger partial charge in [-0.25, -0.2) is 4.39 Å². The maximum atomic E-state index is 15.9. The van der Waals surface area contributed by atoms with Gasteiger partial charge in [-0.1, -0.05) is 72.8 Å². The molecule has 0 unspecified atom stereocenters. The van der Waals surface area contributed by atoms with Crippen LogP contribution in [-0.4, -0.2) is 60.0 Å². The number of carbonyl (C=O) groups is 3. The average Bonchev–Trinajstić information content (AvgIpc) is 3.20. The molecule has 3 aromatic rings. The van der Waals surface area contributed by atoms with E-state index < -0.39 is 48.5 Å². The van der Waals surface area contributed by atoms with Crippen molar-refractivity contribution in [2.24, 2.45) is 0 Å². The molecule has 2 heterocycles. The van der Waals surface area contributed by atoms with Gasteiger partial charge in [0.2, 0.25) is 6.36 Å². The zero-order valence-corrected chi connectivity index (χ0v) is 21.3. The quantitative estimate of drug-likeness (QED) is 0.302. The first kappa shape index (κ1) is 26.7.